The van der Waals surface area contributed by atoms with Crippen molar-refractivity contribution in [3.05, 3.63) is 0 Å². The van der Waals surface area contributed by atoms with E-state index in [2.05, 4.69) is 13.8 Å². The maximum absolute atomic E-state index is 10.4. The Morgan fingerprint density at radius 3 is 1.50 bits per heavy atom. The van der Waals surface area contributed by atoms with Gasteiger partial charge in [0.05, 0.1) is 0 Å². The van der Waals surface area contributed by atoms with Gasteiger partial charge in [0.1, 0.15) is 0 Å². The fourth-order valence-corrected chi connectivity index (χ4v) is 3.99. The molecule has 2 unspecified atom stereocenters. The lowest BCUT2D eigenvalue weighted by Gasteiger charge is -2.13. The molecule has 0 spiro atoms. The van der Waals surface area contributed by atoms with E-state index < -0.39 is 11.9 Å². The molecule has 0 heterocycles. The number of hydrogen-bond acceptors (Lipinski definition) is 4. The molecular weight excluding hydrogens is 272 g/mol. The van der Waals surface area contributed by atoms with Crippen molar-refractivity contribution in [1.29, 1.82) is 0 Å². The maximum Gasteiger partial charge on any atom is 0.303 e. The van der Waals surface area contributed by atoms with Crippen LogP contribution in [-0.4, -0.2) is 32.7 Å². The molecule has 0 aliphatic carbocycles. The van der Waals surface area contributed by atoms with Gasteiger partial charge in [-0.15, -0.1) is 0 Å². The molecule has 18 heavy (non-hydrogen) atoms. The van der Waals surface area contributed by atoms with E-state index in [9.17, 15) is 9.59 Å². The lowest BCUT2D eigenvalue weighted by Crippen LogP contribution is -2.02. The van der Waals surface area contributed by atoms with Crippen LogP contribution >= 0.6 is 21.6 Å². The zero-order valence-electron chi connectivity index (χ0n) is 10.9. The maximum atomic E-state index is 10.4. The lowest BCUT2D eigenvalue weighted by atomic mass is 10.2. The first-order valence-corrected chi connectivity index (χ1v) is 8.45. The second kappa shape index (κ2) is 10.6. The molecule has 2 atom stereocenters. The zero-order chi connectivity index (χ0) is 14.0. The van der Waals surface area contributed by atoms with Gasteiger partial charge in [0.15, 0.2) is 0 Å². The molecule has 0 saturated heterocycles. The molecule has 0 rings (SSSR count). The van der Waals surface area contributed by atoms with Gasteiger partial charge in [-0.2, -0.15) is 0 Å². The van der Waals surface area contributed by atoms with E-state index in [0.29, 0.717) is 10.5 Å². The Balaban J connectivity index is 3.49. The highest BCUT2D eigenvalue weighted by atomic mass is 33.1. The van der Waals surface area contributed by atoms with Gasteiger partial charge >= 0.3 is 11.9 Å². The minimum atomic E-state index is -0.734. The molecule has 0 saturated carbocycles. The number of carbonyl (C=O) groups is 2. The molecule has 0 aromatic carbocycles. The van der Waals surface area contributed by atoms with Crippen molar-refractivity contribution in [2.24, 2.45) is 0 Å². The Hall–Kier alpha value is -0.360. The third-order valence-corrected chi connectivity index (χ3v) is 5.93. The van der Waals surface area contributed by atoms with Gasteiger partial charge in [0.2, 0.25) is 0 Å². The van der Waals surface area contributed by atoms with E-state index in [-0.39, 0.29) is 12.8 Å². The fourth-order valence-electron chi connectivity index (χ4n) is 1.37. The van der Waals surface area contributed by atoms with E-state index in [0.717, 1.165) is 25.7 Å². The van der Waals surface area contributed by atoms with Gasteiger partial charge in [0.25, 0.3) is 0 Å². The topological polar surface area (TPSA) is 74.6 Å². The average molecular weight is 294 g/mol. The van der Waals surface area contributed by atoms with Crippen molar-refractivity contribution < 1.29 is 19.8 Å². The summed E-state index contributed by atoms with van der Waals surface area (Å²) >= 11 is 0. The van der Waals surface area contributed by atoms with Crippen molar-refractivity contribution in [1.82, 2.24) is 0 Å². The van der Waals surface area contributed by atoms with Crippen LogP contribution in [-0.2, 0) is 9.59 Å². The number of carboxylic acid groups (broad SMARTS) is 2. The molecule has 0 aliphatic rings. The Morgan fingerprint density at radius 1 is 0.889 bits per heavy atom. The number of rotatable bonds is 11. The van der Waals surface area contributed by atoms with Crippen LogP contribution in [0.3, 0.4) is 0 Å². The Labute approximate surface area is 116 Å². The van der Waals surface area contributed by atoms with Crippen LogP contribution in [0, 0.1) is 0 Å². The van der Waals surface area contributed by atoms with Gasteiger partial charge in [-0.3, -0.25) is 9.59 Å². The van der Waals surface area contributed by atoms with Crippen LogP contribution in [0.25, 0.3) is 0 Å². The predicted octanol–water partition coefficient (Wildman–Crippen LogP) is 3.65. The summed E-state index contributed by atoms with van der Waals surface area (Å²) in [5, 5.41) is 17.9. The first-order chi connectivity index (χ1) is 8.41. The standard InChI is InChI=1S/C12H22O4S2/c1-9(5-3-7-11(13)14)17-18-10(2)6-4-8-12(15)16/h9-10H,3-8H2,1-2H3,(H,13,14)(H,15,16). The summed E-state index contributed by atoms with van der Waals surface area (Å²) in [7, 11) is 3.54. The fraction of sp³-hybridized carbons (Fsp3) is 0.833. The SMILES string of the molecule is CC(CCCC(=O)O)SSC(C)CCCC(=O)O. The highest BCUT2D eigenvalue weighted by Crippen LogP contribution is 2.34. The van der Waals surface area contributed by atoms with E-state index in [1.807, 2.05) is 0 Å². The second-order valence-corrected chi connectivity index (χ2v) is 7.53. The lowest BCUT2D eigenvalue weighted by molar-refractivity contribution is -0.138. The predicted molar refractivity (Wildman–Crippen MR) is 77.1 cm³/mol. The van der Waals surface area contributed by atoms with Crippen LogP contribution in [0.15, 0.2) is 0 Å². The third kappa shape index (κ3) is 12.1. The average Bonchev–Trinajstić information content (AvgIpc) is 2.25. The number of hydrogen-bond donors (Lipinski definition) is 2. The molecule has 0 amide bonds. The van der Waals surface area contributed by atoms with Crippen molar-refractivity contribution >= 4 is 33.5 Å². The van der Waals surface area contributed by atoms with Gasteiger partial charge in [0, 0.05) is 23.3 Å². The normalized spacial score (nSPS) is 14.1. The molecule has 0 bridgehead atoms. The Morgan fingerprint density at radius 2 is 1.22 bits per heavy atom. The second-order valence-electron chi connectivity index (χ2n) is 4.39. The monoisotopic (exact) mass is 294 g/mol. The minimum absolute atomic E-state index is 0.240. The van der Waals surface area contributed by atoms with Gasteiger partial charge < -0.3 is 10.2 Å². The summed E-state index contributed by atoms with van der Waals surface area (Å²) in [4.78, 5) is 20.7. The van der Waals surface area contributed by atoms with E-state index in [1.54, 1.807) is 21.6 Å². The molecule has 6 heteroatoms. The molecule has 0 radical (unpaired) electrons. The first kappa shape index (κ1) is 17.6. The van der Waals surface area contributed by atoms with Crippen molar-refractivity contribution in [2.75, 3.05) is 0 Å². The van der Waals surface area contributed by atoms with Crippen molar-refractivity contribution in [3.63, 3.8) is 0 Å². The van der Waals surface area contributed by atoms with Crippen molar-refractivity contribution in [2.45, 2.75) is 62.9 Å². The van der Waals surface area contributed by atoms with E-state index >= 15 is 0 Å². The molecule has 4 nitrogen and oxygen atoms in total. The molecule has 106 valence electrons. The van der Waals surface area contributed by atoms with Crippen LogP contribution < -0.4 is 0 Å². The van der Waals surface area contributed by atoms with Gasteiger partial charge in [-0.1, -0.05) is 35.4 Å². The summed E-state index contributed by atoms with van der Waals surface area (Å²) in [6.07, 6.45) is 3.74. The summed E-state index contributed by atoms with van der Waals surface area (Å²) in [5.74, 6) is -1.47. The van der Waals surface area contributed by atoms with E-state index in [1.165, 1.54) is 0 Å². The van der Waals surface area contributed by atoms with Crippen molar-refractivity contribution in [3.8, 4) is 0 Å². The summed E-state index contributed by atoms with van der Waals surface area (Å²) in [5.41, 5.74) is 0. The largest absolute Gasteiger partial charge is 0.481 e. The molecular formula is C12H22O4S2. The van der Waals surface area contributed by atoms with Gasteiger partial charge in [-0.25, -0.2) is 0 Å². The number of aliphatic carboxylic acids is 2. The van der Waals surface area contributed by atoms with Crippen LogP contribution in [0.1, 0.15) is 52.4 Å². The summed E-state index contributed by atoms with van der Waals surface area (Å²) in [6.45, 7) is 4.20. The molecule has 0 fully saturated rings. The quantitative estimate of drug-likeness (QED) is 0.566. The zero-order valence-corrected chi connectivity index (χ0v) is 12.6. The molecule has 0 aliphatic heterocycles. The van der Waals surface area contributed by atoms with Gasteiger partial charge in [-0.05, 0) is 25.7 Å². The van der Waals surface area contributed by atoms with E-state index in [4.69, 9.17) is 10.2 Å². The molecule has 0 aromatic heterocycles. The van der Waals surface area contributed by atoms with Crippen LogP contribution in [0.4, 0.5) is 0 Å². The Bertz CT molecular complexity index is 232. The summed E-state index contributed by atoms with van der Waals surface area (Å²) in [6, 6.07) is 0. The minimum Gasteiger partial charge on any atom is -0.481 e. The summed E-state index contributed by atoms with van der Waals surface area (Å²) < 4.78 is 0. The Kier molecular flexibility index (Phi) is 10.3. The van der Waals surface area contributed by atoms with Crippen LogP contribution in [0.2, 0.25) is 0 Å². The number of carboxylic acids is 2. The highest BCUT2D eigenvalue weighted by molar-refractivity contribution is 8.77. The highest BCUT2D eigenvalue weighted by Gasteiger charge is 2.09. The first-order valence-electron chi connectivity index (χ1n) is 6.17. The third-order valence-electron chi connectivity index (χ3n) is 2.39. The molecule has 2 N–H and O–H groups in total. The van der Waals surface area contributed by atoms with Crippen LogP contribution in [0.5, 0.6) is 0 Å². The smallest absolute Gasteiger partial charge is 0.303 e. The molecule has 0 aromatic rings.